The number of nitrogens with zero attached hydrogens (tertiary/aromatic N) is 1. The first kappa shape index (κ1) is 14.6. The minimum atomic E-state index is 0.345. The first-order valence-electron chi connectivity index (χ1n) is 5.76. The fourth-order valence-electron chi connectivity index (χ4n) is 0.936. The molecule has 0 radical (unpaired) electrons. The summed E-state index contributed by atoms with van der Waals surface area (Å²) in [6.07, 6.45) is 1.11. The number of guanidine groups is 1. The Morgan fingerprint density at radius 1 is 1.27 bits per heavy atom. The summed E-state index contributed by atoms with van der Waals surface area (Å²) in [6.45, 7) is 11.2. The van der Waals surface area contributed by atoms with Crippen LogP contribution in [-0.4, -0.2) is 30.8 Å². The van der Waals surface area contributed by atoms with E-state index in [4.69, 9.17) is 0 Å². The Hall–Kier alpha value is -0.380. The summed E-state index contributed by atoms with van der Waals surface area (Å²) in [7, 11) is 0. The minimum Gasteiger partial charge on any atom is -0.356 e. The summed E-state index contributed by atoms with van der Waals surface area (Å²) in [5, 5.41) is 6.90. The van der Waals surface area contributed by atoms with Gasteiger partial charge in [-0.25, -0.2) is 0 Å². The summed E-state index contributed by atoms with van der Waals surface area (Å²) >= 11 is 4.33. The second-order valence-electron chi connectivity index (χ2n) is 4.24. The topological polar surface area (TPSA) is 36.4 Å². The van der Waals surface area contributed by atoms with Crippen molar-refractivity contribution < 1.29 is 0 Å². The molecule has 2 N–H and O–H groups in total. The maximum absolute atomic E-state index is 4.49. The molecule has 0 aromatic rings. The maximum Gasteiger partial charge on any atom is 0.191 e. The molecule has 0 amide bonds. The lowest BCUT2D eigenvalue weighted by molar-refractivity contribution is 0.654. The highest BCUT2D eigenvalue weighted by molar-refractivity contribution is 7.80. The van der Waals surface area contributed by atoms with Gasteiger partial charge >= 0.3 is 0 Å². The monoisotopic (exact) mass is 231 g/mol. The van der Waals surface area contributed by atoms with Crippen LogP contribution in [0.5, 0.6) is 0 Å². The third-order valence-corrected chi connectivity index (χ3v) is 1.90. The molecule has 0 rings (SSSR count). The van der Waals surface area contributed by atoms with Crippen molar-refractivity contribution in [2.24, 2.45) is 10.9 Å². The molecule has 0 fully saturated rings. The number of hydrogen-bond donors (Lipinski definition) is 3. The van der Waals surface area contributed by atoms with Gasteiger partial charge in [0.2, 0.25) is 0 Å². The Balaban J connectivity index is 3.98. The van der Waals surface area contributed by atoms with Gasteiger partial charge in [-0.05, 0) is 12.3 Å². The Labute approximate surface area is 99.5 Å². The molecule has 0 spiro atoms. The first-order chi connectivity index (χ1) is 7.06. The summed E-state index contributed by atoms with van der Waals surface area (Å²) < 4.78 is 0. The zero-order valence-corrected chi connectivity index (χ0v) is 11.3. The van der Waals surface area contributed by atoms with E-state index in [1.807, 2.05) is 0 Å². The summed E-state index contributed by atoms with van der Waals surface area (Å²) in [6, 6.07) is 0. The van der Waals surface area contributed by atoms with Crippen LogP contribution in [0, 0.1) is 5.92 Å². The molecular weight excluding hydrogens is 206 g/mol. The van der Waals surface area contributed by atoms with Gasteiger partial charge < -0.3 is 10.6 Å². The summed E-state index contributed by atoms with van der Waals surface area (Å²) in [5.74, 6) is 1.50. The predicted octanol–water partition coefficient (Wildman–Crippen LogP) is 1.91. The third-order valence-electron chi connectivity index (χ3n) is 1.72. The standard InChI is InChI=1S/C11H25N3S/c1-5-6-12-11(13-7-9(2)3)14-8-10(4)15/h9-10,15H,5-8H2,1-4H3,(H2,12,13,14). The molecule has 0 heterocycles. The van der Waals surface area contributed by atoms with Crippen molar-refractivity contribution in [2.45, 2.75) is 39.4 Å². The highest BCUT2D eigenvalue weighted by Gasteiger charge is 2.00. The first-order valence-corrected chi connectivity index (χ1v) is 6.28. The highest BCUT2D eigenvalue weighted by Crippen LogP contribution is 1.92. The van der Waals surface area contributed by atoms with Gasteiger partial charge in [0.15, 0.2) is 5.96 Å². The molecule has 0 saturated carbocycles. The molecule has 0 aromatic heterocycles. The van der Waals surface area contributed by atoms with Crippen LogP contribution in [0.3, 0.4) is 0 Å². The Morgan fingerprint density at radius 3 is 2.40 bits per heavy atom. The van der Waals surface area contributed by atoms with Crippen molar-refractivity contribution >= 4 is 18.6 Å². The molecule has 1 atom stereocenters. The molecule has 0 bridgehead atoms. The Bertz CT molecular complexity index is 179. The van der Waals surface area contributed by atoms with Gasteiger partial charge in [-0.1, -0.05) is 27.7 Å². The van der Waals surface area contributed by atoms with Crippen molar-refractivity contribution in [3.05, 3.63) is 0 Å². The zero-order valence-electron chi connectivity index (χ0n) is 10.4. The van der Waals surface area contributed by atoms with Crippen LogP contribution in [0.4, 0.5) is 0 Å². The van der Waals surface area contributed by atoms with Crippen LogP contribution >= 0.6 is 12.6 Å². The smallest absolute Gasteiger partial charge is 0.191 e. The van der Waals surface area contributed by atoms with Crippen molar-refractivity contribution in [1.82, 2.24) is 10.6 Å². The molecule has 3 nitrogen and oxygen atoms in total. The van der Waals surface area contributed by atoms with Crippen LogP contribution in [-0.2, 0) is 0 Å². The molecule has 0 saturated heterocycles. The predicted molar refractivity (Wildman–Crippen MR) is 71.9 cm³/mol. The van der Waals surface area contributed by atoms with E-state index in [1.54, 1.807) is 0 Å². The minimum absolute atomic E-state index is 0.345. The van der Waals surface area contributed by atoms with Crippen LogP contribution in [0.2, 0.25) is 0 Å². The normalized spacial score (nSPS) is 14.1. The summed E-state index contributed by atoms with van der Waals surface area (Å²) in [4.78, 5) is 4.49. The van der Waals surface area contributed by atoms with E-state index in [-0.39, 0.29) is 0 Å². The van der Waals surface area contributed by atoms with E-state index in [2.05, 4.69) is 55.9 Å². The summed E-state index contributed by atoms with van der Waals surface area (Å²) in [5.41, 5.74) is 0. The third kappa shape index (κ3) is 9.91. The van der Waals surface area contributed by atoms with Gasteiger partial charge in [0.05, 0.1) is 0 Å². The molecular formula is C11H25N3S. The van der Waals surface area contributed by atoms with E-state index < -0.39 is 0 Å². The lowest BCUT2D eigenvalue weighted by Crippen LogP contribution is -2.40. The van der Waals surface area contributed by atoms with Crippen LogP contribution in [0.15, 0.2) is 4.99 Å². The highest BCUT2D eigenvalue weighted by atomic mass is 32.1. The fraction of sp³-hybridized carbons (Fsp3) is 0.909. The van der Waals surface area contributed by atoms with Crippen molar-refractivity contribution in [1.29, 1.82) is 0 Å². The van der Waals surface area contributed by atoms with Gasteiger partial charge in [-0.15, -0.1) is 0 Å². The molecule has 90 valence electrons. The van der Waals surface area contributed by atoms with Crippen molar-refractivity contribution in [3.8, 4) is 0 Å². The van der Waals surface area contributed by atoms with Gasteiger partial charge in [0.25, 0.3) is 0 Å². The van der Waals surface area contributed by atoms with Crippen molar-refractivity contribution in [2.75, 3.05) is 19.6 Å². The second kappa shape index (κ2) is 8.89. The molecule has 0 aromatic carbocycles. The van der Waals surface area contributed by atoms with Crippen LogP contribution in [0.1, 0.15) is 34.1 Å². The lowest BCUT2D eigenvalue weighted by atomic mass is 10.2. The number of rotatable bonds is 6. The molecule has 1 unspecified atom stereocenters. The van der Waals surface area contributed by atoms with Crippen LogP contribution in [0.25, 0.3) is 0 Å². The largest absolute Gasteiger partial charge is 0.356 e. The molecule has 0 aliphatic heterocycles. The van der Waals surface area contributed by atoms with E-state index in [9.17, 15) is 0 Å². The van der Waals surface area contributed by atoms with E-state index in [0.717, 1.165) is 32.0 Å². The SMILES string of the molecule is CCCNC(=NCC(C)C)NCC(C)S. The van der Waals surface area contributed by atoms with E-state index in [0.29, 0.717) is 11.2 Å². The second-order valence-corrected chi connectivity index (χ2v) is 5.12. The van der Waals surface area contributed by atoms with Gasteiger partial charge in [0.1, 0.15) is 0 Å². The number of hydrogen-bond acceptors (Lipinski definition) is 2. The molecule has 0 aliphatic rings. The number of nitrogens with one attached hydrogen (secondary N) is 2. The Morgan fingerprint density at radius 2 is 1.93 bits per heavy atom. The average Bonchev–Trinajstić information content (AvgIpc) is 2.16. The van der Waals surface area contributed by atoms with Gasteiger partial charge in [0, 0.05) is 24.9 Å². The molecule has 0 aliphatic carbocycles. The number of thiol groups is 1. The van der Waals surface area contributed by atoms with Gasteiger partial charge in [-0.2, -0.15) is 12.6 Å². The van der Waals surface area contributed by atoms with Crippen molar-refractivity contribution in [3.63, 3.8) is 0 Å². The fourth-order valence-corrected chi connectivity index (χ4v) is 1.03. The Kier molecular flexibility index (Phi) is 8.67. The zero-order chi connectivity index (χ0) is 11.7. The average molecular weight is 231 g/mol. The van der Waals surface area contributed by atoms with E-state index in [1.165, 1.54) is 0 Å². The number of aliphatic imine (C=N–C) groups is 1. The maximum atomic E-state index is 4.49. The van der Waals surface area contributed by atoms with Gasteiger partial charge in [-0.3, -0.25) is 4.99 Å². The molecule has 15 heavy (non-hydrogen) atoms. The van der Waals surface area contributed by atoms with Crippen LogP contribution < -0.4 is 10.6 Å². The molecule has 4 heteroatoms. The quantitative estimate of drug-likeness (QED) is 0.371. The van der Waals surface area contributed by atoms with E-state index >= 15 is 0 Å². The lowest BCUT2D eigenvalue weighted by Gasteiger charge is -2.13.